The molecule has 0 aliphatic rings. The van der Waals surface area contributed by atoms with Crippen LogP contribution in [0.5, 0.6) is 0 Å². The van der Waals surface area contributed by atoms with Crippen LogP contribution in [0.15, 0.2) is 39.5 Å². The van der Waals surface area contributed by atoms with E-state index in [9.17, 15) is 0 Å². The zero-order chi connectivity index (χ0) is 12.1. The van der Waals surface area contributed by atoms with Crippen molar-refractivity contribution in [3.63, 3.8) is 0 Å². The van der Waals surface area contributed by atoms with Crippen LogP contribution in [-0.2, 0) is 6.42 Å². The van der Waals surface area contributed by atoms with Crippen molar-refractivity contribution in [1.29, 1.82) is 5.26 Å². The van der Waals surface area contributed by atoms with Gasteiger partial charge in [0.1, 0.15) is 0 Å². The maximum absolute atomic E-state index is 8.86. The number of nitriles is 1. The Morgan fingerprint density at radius 1 is 1.35 bits per heavy atom. The second-order valence-corrected chi connectivity index (χ2v) is 5.34. The first kappa shape index (κ1) is 12.2. The van der Waals surface area contributed by atoms with Gasteiger partial charge < -0.3 is 5.32 Å². The monoisotopic (exact) mass is 306 g/mol. The predicted molar refractivity (Wildman–Crippen MR) is 75.4 cm³/mol. The number of anilines is 1. The number of benzene rings is 1. The number of rotatable bonds is 4. The topological polar surface area (TPSA) is 35.8 Å². The molecule has 0 fully saturated rings. The molecule has 0 radical (unpaired) electrons. The van der Waals surface area contributed by atoms with Gasteiger partial charge in [-0.25, -0.2) is 0 Å². The molecular formula is C13H11BrN2S. The van der Waals surface area contributed by atoms with Gasteiger partial charge in [0.15, 0.2) is 0 Å². The van der Waals surface area contributed by atoms with Crippen molar-refractivity contribution in [3.05, 3.63) is 50.6 Å². The average molecular weight is 307 g/mol. The van der Waals surface area contributed by atoms with Gasteiger partial charge in [0.2, 0.25) is 0 Å². The van der Waals surface area contributed by atoms with E-state index in [2.05, 4.69) is 44.1 Å². The van der Waals surface area contributed by atoms with Gasteiger partial charge in [-0.1, -0.05) is 15.9 Å². The van der Waals surface area contributed by atoms with E-state index >= 15 is 0 Å². The highest BCUT2D eigenvalue weighted by Crippen LogP contribution is 2.19. The van der Waals surface area contributed by atoms with Gasteiger partial charge in [0.05, 0.1) is 11.6 Å². The Morgan fingerprint density at radius 2 is 2.24 bits per heavy atom. The molecule has 2 aromatic rings. The van der Waals surface area contributed by atoms with Crippen LogP contribution in [0.1, 0.15) is 11.1 Å². The molecule has 0 unspecified atom stereocenters. The third-order valence-corrected chi connectivity index (χ3v) is 3.54. The lowest BCUT2D eigenvalue weighted by Gasteiger charge is -2.06. The summed E-state index contributed by atoms with van der Waals surface area (Å²) in [4.78, 5) is 0. The summed E-state index contributed by atoms with van der Waals surface area (Å²) < 4.78 is 0.926. The summed E-state index contributed by atoms with van der Waals surface area (Å²) in [5, 5.41) is 16.4. The zero-order valence-corrected chi connectivity index (χ0v) is 11.5. The molecule has 4 heteroatoms. The van der Waals surface area contributed by atoms with Gasteiger partial charge in [-0.3, -0.25) is 0 Å². The second kappa shape index (κ2) is 5.85. The van der Waals surface area contributed by atoms with E-state index in [0.717, 1.165) is 23.1 Å². The van der Waals surface area contributed by atoms with E-state index in [0.29, 0.717) is 5.56 Å². The van der Waals surface area contributed by atoms with Gasteiger partial charge in [-0.2, -0.15) is 16.6 Å². The zero-order valence-electron chi connectivity index (χ0n) is 9.11. The van der Waals surface area contributed by atoms with E-state index in [1.807, 2.05) is 18.2 Å². The number of halogens is 1. The highest BCUT2D eigenvalue weighted by molar-refractivity contribution is 9.10. The van der Waals surface area contributed by atoms with E-state index in [4.69, 9.17) is 5.26 Å². The highest BCUT2D eigenvalue weighted by atomic mass is 79.9. The minimum absolute atomic E-state index is 0.664. The van der Waals surface area contributed by atoms with Crippen molar-refractivity contribution in [1.82, 2.24) is 0 Å². The molecule has 0 aliphatic carbocycles. The molecular weight excluding hydrogens is 296 g/mol. The Morgan fingerprint density at radius 3 is 2.94 bits per heavy atom. The van der Waals surface area contributed by atoms with Crippen LogP contribution in [0.4, 0.5) is 5.69 Å². The smallest absolute Gasteiger partial charge is 0.0992 e. The quantitative estimate of drug-likeness (QED) is 0.925. The first-order valence-electron chi connectivity index (χ1n) is 5.23. The summed E-state index contributed by atoms with van der Waals surface area (Å²) in [5.74, 6) is 0. The third-order valence-electron chi connectivity index (χ3n) is 2.35. The van der Waals surface area contributed by atoms with E-state index in [1.165, 1.54) is 5.56 Å². The summed E-state index contributed by atoms with van der Waals surface area (Å²) in [5.41, 5.74) is 2.99. The van der Waals surface area contributed by atoms with Gasteiger partial charge >= 0.3 is 0 Å². The fourth-order valence-electron chi connectivity index (χ4n) is 1.54. The van der Waals surface area contributed by atoms with Crippen LogP contribution in [0, 0.1) is 11.3 Å². The molecule has 86 valence electrons. The van der Waals surface area contributed by atoms with Crippen molar-refractivity contribution < 1.29 is 0 Å². The third kappa shape index (κ3) is 3.58. The molecule has 0 spiro atoms. The fraction of sp³-hybridized carbons (Fsp3) is 0.154. The highest BCUT2D eigenvalue weighted by Gasteiger charge is 1.99. The van der Waals surface area contributed by atoms with Crippen LogP contribution < -0.4 is 5.32 Å². The van der Waals surface area contributed by atoms with Crippen molar-refractivity contribution in [2.45, 2.75) is 6.42 Å². The molecule has 1 aromatic heterocycles. The summed E-state index contributed by atoms with van der Waals surface area (Å²) in [6.07, 6.45) is 0.998. The van der Waals surface area contributed by atoms with E-state index < -0.39 is 0 Å². The van der Waals surface area contributed by atoms with Crippen LogP contribution in [0.3, 0.4) is 0 Å². The largest absolute Gasteiger partial charge is 0.385 e. The van der Waals surface area contributed by atoms with Crippen molar-refractivity contribution in [2.75, 3.05) is 11.9 Å². The van der Waals surface area contributed by atoms with E-state index in [1.54, 1.807) is 11.3 Å². The first-order valence-corrected chi connectivity index (χ1v) is 6.97. The van der Waals surface area contributed by atoms with Crippen molar-refractivity contribution >= 4 is 33.0 Å². The lowest BCUT2D eigenvalue weighted by atomic mass is 10.2. The first-order chi connectivity index (χ1) is 8.28. The molecule has 1 heterocycles. The number of thiophene rings is 1. The standard InChI is InChI=1S/C13H11BrN2S/c14-12-5-11(8-15)6-13(7-12)16-3-1-10-2-4-17-9-10/h2,4-7,9,16H,1,3H2. The molecule has 0 saturated heterocycles. The number of nitrogens with zero attached hydrogens (tertiary/aromatic N) is 1. The number of nitrogens with one attached hydrogen (secondary N) is 1. The summed E-state index contributed by atoms with van der Waals surface area (Å²) in [7, 11) is 0. The minimum Gasteiger partial charge on any atom is -0.385 e. The summed E-state index contributed by atoms with van der Waals surface area (Å²) in [6, 6.07) is 9.93. The molecule has 1 aromatic carbocycles. The van der Waals surface area contributed by atoms with Crippen LogP contribution in [0.25, 0.3) is 0 Å². The van der Waals surface area contributed by atoms with Gasteiger partial charge in [-0.15, -0.1) is 0 Å². The lowest BCUT2D eigenvalue weighted by Crippen LogP contribution is -2.04. The normalized spacial score (nSPS) is 9.88. The predicted octanol–water partition coefficient (Wildman–Crippen LogP) is 4.04. The Balaban J connectivity index is 1.95. The Labute approximate surface area is 113 Å². The molecule has 0 bridgehead atoms. The van der Waals surface area contributed by atoms with Crippen LogP contribution >= 0.6 is 27.3 Å². The molecule has 0 amide bonds. The maximum atomic E-state index is 8.86. The van der Waals surface area contributed by atoms with Gasteiger partial charge in [0.25, 0.3) is 0 Å². The van der Waals surface area contributed by atoms with Crippen LogP contribution in [-0.4, -0.2) is 6.54 Å². The molecule has 1 N–H and O–H groups in total. The number of hydrogen-bond acceptors (Lipinski definition) is 3. The van der Waals surface area contributed by atoms with Crippen molar-refractivity contribution in [2.24, 2.45) is 0 Å². The second-order valence-electron chi connectivity index (χ2n) is 3.65. The SMILES string of the molecule is N#Cc1cc(Br)cc(NCCc2ccsc2)c1. The summed E-state index contributed by atoms with van der Waals surface area (Å²) in [6.45, 7) is 0.873. The molecule has 2 nitrogen and oxygen atoms in total. The minimum atomic E-state index is 0.664. The Kier molecular flexibility index (Phi) is 4.18. The van der Waals surface area contributed by atoms with Gasteiger partial charge in [-0.05, 0) is 47.0 Å². The van der Waals surface area contributed by atoms with E-state index in [-0.39, 0.29) is 0 Å². The lowest BCUT2D eigenvalue weighted by molar-refractivity contribution is 1.03. The number of hydrogen-bond donors (Lipinski definition) is 1. The Bertz CT molecular complexity index is 529. The summed E-state index contributed by atoms with van der Waals surface area (Å²) >= 11 is 5.11. The molecule has 0 aliphatic heterocycles. The molecule has 0 saturated carbocycles. The van der Waals surface area contributed by atoms with Crippen LogP contribution in [0.2, 0.25) is 0 Å². The molecule has 17 heavy (non-hydrogen) atoms. The average Bonchev–Trinajstić information content (AvgIpc) is 2.81. The fourth-order valence-corrected chi connectivity index (χ4v) is 2.74. The molecule has 0 atom stereocenters. The van der Waals surface area contributed by atoms with Gasteiger partial charge in [0, 0.05) is 16.7 Å². The molecule has 2 rings (SSSR count). The maximum Gasteiger partial charge on any atom is 0.0992 e. The Hall–Kier alpha value is -1.31. The van der Waals surface area contributed by atoms with Crippen molar-refractivity contribution in [3.8, 4) is 6.07 Å².